The van der Waals surface area contributed by atoms with Gasteiger partial charge in [-0.2, -0.15) is 5.10 Å². The number of nitrogens with two attached hydrogens (primary N) is 1. The highest BCUT2D eigenvalue weighted by Gasteiger charge is 2.11. The van der Waals surface area contributed by atoms with Gasteiger partial charge in [-0.3, -0.25) is 9.67 Å². The van der Waals surface area contributed by atoms with Gasteiger partial charge in [0.05, 0.1) is 12.2 Å². The van der Waals surface area contributed by atoms with Gasteiger partial charge in [-0.1, -0.05) is 42.5 Å². The molecular weight excluding hydrogens is 346 g/mol. The predicted octanol–water partition coefficient (Wildman–Crippen LogP) is 4.03. The molecular formula is C23H23N5. The molecule has 140 valence electrons. The fraction of sp³-hybridized carbons (Fsp3) is 0.130. The minimum atomic E-state index is 0.579. The Balaban J connectivity index is 1.68. The van der Waals surface area contributed by atoms with Crippen molar-refractivity contribution in [2.45, 2.75) is 6.54 Å². The van der Waals surface area contributed by atoms with Crippen LogP contribution in [0.1, 0.15) is 5.56 Å². The zero-order valence-corrected chi connectivity index (χ0v) is 15.6. The molecule has 2 aromatic heterocycles. The SMILES string of the molecule is NCCNc1ccc(-c2ccccc2)cc1-c1ccn(Cc2cccnc2)n1. The predicted molar refractivity (Wildman–Crippen MR) is 114 cm³/mol. The molecule has 5 heteroatoms. The van der Waals surface area contributed by atoms with Crippen LogP contribution in [-0.4, -0.2) is 27.9 Å². The van der Waals surface area contributed by atoms with Gasteiger partial charge in [0.15, 0.2) is 0 Å². The van der Waals surface area contributed by atoms with E-state index in [2.05, 4.69) is 58.8 Å². The summed E-state index contributed by atoms with van der Waals surface area (Å²) in [5, 5.41) is 8.21. The lowest BCUT2D eigenvalue weighted by Gasteiger charge is -2.12. The average molecular weight is 369 g/mol. The van der Waals surface area contributed by atoms with Crippen LogP contribution in [0.5, 0.6) is 0 Å². The van der Waals surface area contributed by atoms with Crippen molar-refractivity contribution in [3.05, 3.63) is 90.9 Å². The zero-order valence-electron chi connectivity index (χ0n) is 15.6. The standard InChI is InChI=1S/C23H23N5/c24-11-13-26-22-9-8-20(19-6-2-1-3-7-19)15-21(22)23-10-14-28(27-23)17-18-5-4-12-25-16-18/h1-10,12,14-16,26H,11,13,17,24H2. The van der Waals surface area contributed by atoms with Crippen molar-refractivity contribution in [2.24, 2.45) is 5.73 Å². The molecule has 2 aromatic carbocycles. The highest BCUT2D eigenvalue weighted by Crippen LogP contribution is 2.32. The van der Waals surface area contributed by atoms with Crippen LogP contribution < -0.4 is 11.1 Å². The average Bonchev–Trinajstić information content (AvgIpc) is 3.22. The first-order chi connectivity index (χ1) is 13.8. The Bertz CT molecular complexity index is 1030. The van der Waals surface area contributed by atoms with E-state index in [1.165, 1.54) is 5.56 Å². The Labute approximate surface area is 164 Å². The molecule has 0 radical (unpaired) electrons. The number of hydrogen-bond acceptors (Lipinski definition) is 4. The maximum absolute atomic E-state index is 5.69. The van der Waals surface area contributed by atoms with Crippen molar-refractivity contribution in [3.8, 4) is 22.4 Å². The molecule has 0 aliphatic rings. The van der Waals surface area contributed by atoms with Crippen LogP contribution in [0.15, 0.2) is 85.3 Å². The number of rotatable bonds is 7. The second-order valence-electron chi connectivity index (χ2n) is 6.60. The zero-order chi connectivity index (χ0) is 19.2. The number of benzene rings is 2. The van der Waals surface area contributed by atoms with E-state index in [1.54, 1.807) is 6.20 Å². The van der Waals surface area contributed by atoms with Gasteiger partial charge in [0.25, 0.3) is 0 Å². The van der Waals surface area contributed by atoms with Crippen molar-refractivity contribution in [1.29, 1.82) is 0 Å². The molecule has 0 atom stereocenters. The van der Waals surface area contributed by atoms with Crippen molar-refractivity contribution in [3.63, 3.8) is 0 Å². The van der Waals surface area contributed by atoms with E-state index < -0.39 is 0 Å². The van der Waals surface area contributed by atoms with E-state index in [0.29, 0.717) is 19.6 Å². The summed E-state index contributed by atoms with van der Waals surface area (Å²) >= 11 is 0. The minimum absolute atomic E-state index is 0.579. The normalized spacial score (nSPS) is 10.8. The molecule has 0 saturated carbocycles. The van der Waals surface area contributed by atoms with Gasteiger partial charge in [-0.25, -0.2) is 0 Å². The number of anilines is 1. The summed E-state index contributed by atoms with van der Waals surface area (Å²) in [6, 6.07) is 22.8. The lowest BCUT2D eigenvalue weighted by Crippen LogP contribution is -2.13. The monoisotopic (exact) mass is 369 g/mol. The Morgan fingerprint density at radius 2 is 1.82 bits per heavy atom. The first kappa shape index (κ1) is 17.9. The highest BCUT2D eigenvalue weighted by molar-refractivity contribution is 5.81. The molecule has 0 unspecified atom stereocenters. The Hall–Kier alpha value is -3.44. The van der Waals surface area contributed by atoms with Crippen LogP contribution in [0.25, 0.3) is 22.4 Å². The topological polar surface area (TPSA) is 68.8 Å². The van der Waals surface area contributed by atoms with Crippen molar-refractivity contribution < 1.29 is 0 Å². The van der Waals surface area contributed by atoms with Gasteiger partial charge in [0.2, 0.25) is 0 Å². The number of pyridine rings is 1. The summed E-state index contributed by atoms with van der Waals surface area (Å²) in [4.78, 5) is 4.18. The maximum atomic E-state index is 5.69. The Kier molecular flexibility index (Phi) is 5.45. The molecule has 28 heavy (non-hydrogen) atoms. The summed E-state index contributed by atoms with van der Waals surface area (Å²) in [6.45, 7) is 1.99. The summed E-state index contributed by atoms with van der Waals surface area (Å²) in [7, 11) is 0. The van der Waals surface area contributed by atoms with Crippen LogP contribution in [0.2, 0.25) is 0 Å². The molecule has 0 saturated heterocycles. The van der Waals surface area contributed by atoms with E-state index >= 15 is 0 Å². The molecule has 0 aliphatic carbocycles. The van der Waals surface area contributed by atoms with Crippen LogP contribution in [0.4, 0.5) is 5.69 Å². The van der Waals surface area contributed by atoms with Crippen LogP contribution in [0.3, 0.4) is 0 Å². The summed E-state index contributed by atoms with van der Waals surface area (Å²) in [6.07, 6.45) is 5.65. The quantitative estimate of drug-likeness (QED) is 0.516. The molecule has 0 bridgehead atoms. The molecule has 5 nitrogen and oxygen atoms in total. The van der Waals surface area contributed by atoms with Crippen LogP contribution in [0, 0.1) is 0 Å². The first-order valence-corrected chi connectivity index (χ1v) is 9.39. The molecule has 0 fully saturated rings. The molecule has 4 aromatic rings. The molecule has 0 spiro atoms. The Morgan fingerprint density at radius 3 is 2.61 bits per heavy atom. The second-order valence-corrected chi connectivity index (χ2v) is 6.60. The molecule has 4 rings (SSSR count). The minimum Gasteiger partial charge on any atom is -0.383 e. The number of nitrogens with zero attached hydrogens (tertiary/aromatic N) is 3. The Morgan fingerprint density at radius 1 is 0.929 bits per heavy atom. The van der Waals surface area contributed by atoms with Gasteiger partial charge < -0.3 is 11.1 Å². The van der Waals surface area contributed by atoms with Crippen molar-refractivity contribution in [1.82, 2.24) is 14.8 Å². The van der Waals surface area contributed by atoms with E-state index in [-0.39, 0.29) is 0 Å². The van der Waals surface area contributed by atoms with E-state index in [4.69, 9.17) is 10.8 Å². The van der Waals surface area contributed by atoms with Crippen molar-refractivity contribution >= 4 is 5.69 Å². The van der Waals surface area contributed by atoms with E-state index in [1.807, 2.05) is 35.3 Å². The summed E-state index contributed by atoms with van der Waals surface area (Å²) in [5.41, 5.74) is 12.2. The van der Waals surface area contributed by atoms with Gasteiger partial charge in [-0.15, -0.1) is 0 Å². The third-order valence-electron chi connectivity index (χ3n) is 4.57. The molecule has 2 heterocycles. The van der Waals surface area contributed by atoms with Gasteiger partial charge >= 0.3 is 0 Å². The van der Waals surface area contributed by atoms with Crippen LogP contribution >= 0.6 is 0 Å². The summed E-state index contributed by atoms with van der Waals surface area (Å²) in [5.74, 6) is 0. The first-order valence-electron chi connectivity index (χ1n) is 9.39. The lowest BCUT2D eigenvalue weighted by molar-refractivity contribution is 0.687. The fourth-order valence-electron chi connectivity index (χ4n) is 3.20. The molecule has 0 aliphatic heterocycles. The molecule has 0 amide bonds. The van der Waals surface area contributed by atoms with Crippen molar-refractivity contribution in [2.75, 3.05) is 18.4 Å². The summed E-state index contributed by atoms with van der Waals surface area (Å²) < 4.78 is 1.94. The highest BCUT2D eigenvalue weighted by atomic mass is 15.3. The van der Waals surface area contributed by atoms with Gasteiger partial charge in [0, 0.05) is 42.9 Å². The number of nitrogens with one attached hydrogen (secondary N) is 1. The maximum Gasteiger partial charge on any atom is 0.0944 e. The van der Waals surface area contributed by atoms with Crippen LogP contribution in [-0.2, 0) is 6.54 Å². The third-order valence-corrected chi connectivity index (χ3v) is 4.57. The largest absolute Gasteiger partial charge is 0.383 e. The van der Waals surface area contributed by atoms with Gasteiger partial charge in [-0.05, 0) is 41.0 Å². The number of hydrogen-bond donors (Lipinski definition) is 2. The second kappa shape index (κ2) is 8.50. The third kappa shape index (κ3) is 4.10. The smallest absolute Gasteiger partial charge is 0.0944 e. The van der Waals surface area contributed by atoms with Gasteiger partial charge in [0.1, 0.15) is 0 Å². The van der Waals surface area contributed by atoms with E-state index in [9.17, 15) is 0 Å². The lowest BCUT2D eigenvalue weighted by atomic mass is 10.00. The number of aromatic nitrogens is 3. The van der Waals surface area contributed by atoms with E-state index in [0.717, 1.165) is 28.1 Å². The molecule has 3 N–H and O–H groups in total. The fourth-order valence-corrected chi connectivity index (χ4v) is 3.20.